The zero-order chi connectivity index (χ0) is 53.0. The lowest BCUT2D eigenvalue weighted by molar-refractivity contribution is -0.287. The fraction of sp³-hybridized carbons (Fsp3) is 0.444. The first-order chi connectivity index (χ1) is 31.8. The Bertz CT molecular complexity index is 2970. The van der Waals surface area contributed by atoms with Gasteiger partial charge in [-0.3, -0.25) is 19.0 Å². The predicted molar refractivity (Wildman–Crippen MR) is 210 cm³/mol. The van der Waals surface area contributed by atoms with E-state index in [1.165, 1.54) is 26.5 Å². The second-order valence-corrected chi connectivity index (χ2v) is 16.2. The van der Waals surface area contributed by atoms with Crippen LogP contribution in [0.25, 0.3) is 22.4 Å². The number of ether oxygens (including phenoxy) is 2. The maximum atomic E-state index is 13.5. The molecule has 7 heterocycles. The molecule has 0 saturated carbocycles. The van der Waals surface area contributed by atoms with Crippen LogP contribution in [0.1, 0.15) is 39.1 Å². The summed E-state index contributed by atoms with van der Waals surface area (Å²) in [6.45, 7) is 3.63. The monoisotopic (exact) mass is 1090 g/mol. The quantitative estimate of drug-likeness (QED) is 0.109. The van der Waals surface area contributed by atoms with Gasteiger partial charge in [0.05, 0.1) is 49.6 Å². The highest BCUT2D eigenvalue weighted by Crippen LogP contribution is 2.40. The molecule has 382 valence electrons. The molecule has 6 aromatic rings. The van der Waals surface area contributed by atoms with Gasteiger partial charge >= 0.3 is 43.7 Å². The highest BCUT2D eigenvalue weighted by molar-refractivity contribution is 9.10. The zero-order valence-corrected chi connectivity index (χ0v) is 37.5. The Morgan fingerprint density at radius 2 is 1.01 bits per heavy atom. The third-order valence-electron chi connectivity index (χ3n) is 9.92. The summed E-state index contributed by atoms with van der Waals surface area (Å²) in [4.78, 5) is 31.0. The average molecular weight is 1090 g/mol. The van der Waals surface area contributed by atoms with Crippen LogP contribution < -0.4 is 26.1 Å². The highest BCUT2D eigenvalue weighted by atomic mass is 79.9. The third kappa shape index (κ3) is 11.6. The van der Waals surface area contributed by atoms with Gasteiger partial charge in [-0.2, -0.15) is 99.7 Å². The van der Waals surface area contributed by atoms with Gasteiger partial charge in [-0.15, -0.1) is 0 Å². The maximum Gasteiger partial charge on any atom is 0.498 e. The topological polar surface area (TPSA) is 167 Å². The number of alkyl halides is 16. The molecule has 0 atom stereocenters. The molecular formula is C36H30BBrF16N10O6. The summed E-state index contributed by atoms with van der Waals surface area (Å²) in [5.74, 6) is -9.84. The van der Waals surface area contributed by atoms with E-state index in [9.17, 15) is 79.8 Å². The molecule has 0 spiro atoms. The van der Waals surface area contributed by atoms with Gasteiger partial charge in [0, 0.05) is 41.7 Å². The van der Waals surface area contributed by atoms with E-state index in [2.05, 4.69) is 46.3 Å². The summed E-state index contributed by atoms with van der Waals surface area (Å²) < 4.78 is 227. The Morgan fingerprint density at radius 1 is 0.600 bits per heavy atom. The molecule has 1 saturated heterocycles. The van der Waals surface area contributed by atoms with E-state index < -0.39 is 112 Å². The first kappa shape index (κ1) is 54.9. The fourth-order valence-corrected chi connectivity index (χ4v) is 6.10. The molecule has 16 nitrogen and oxygen atoms in total. The molecule has 34 heteroatoms. The lowest BCUT2D eigenvalue weighted by Crippen LogP contribution is -2.41. The molecule has 0 radical (unpaired) electrons. The minimum atomic E-state index is -5.90. The number of methoxy groups -OCH3 is 2. The van der Waals surface area contributed by atoms with E-state index >= 15 is 0 Å². The smallest absolute Gasteiger partial charge is 0.495 e. The van der Waals surface area contributed by atoms with E-state index in [4.69, 9.17) is 18.8 Å². The van der Waals surface area contributed by atoms with E-state index in [1.807, 2.05) is 0 Å². The summed E-state index contributed by atoms with van der Waals surface area (Å²) >= 11 is 2.59. The van der Waals surface area contributed by atoms with Crippen molar-refractivity contribution < 1.29 is 89.0 Å². The molecule has 0 unspecified atom stereocenters. The van der Waals surface area contributed by atoms with E-state index in [1.54, 1.807) is 27.7 Å². The Balaban J connectivity index is 0.000000203. The summed E-state index contributed by atoms with van der Waals surface area (Å²) in [6.07, 6.45) is -15.9. The lowest BCUT2D eigenvalue weighted by atomic mass is 9.82. The summed E-state index contributed by atoms with van der Waals surface area (Å²) in [5, 5.41) is 14.0. The van der Waals surface area contributed by atoms with Crippen molar-refractivity contribution in [3.05, 3.63) is 85.9 Å². The summed E-state index contributed by atoms with van der Waals surface area (Å²) in [6, 6.07) is 2.19. The van der Waals surface area contributed by atoms with Crippen molar-refractivity contribution in [3.8, 4) is 22.6 Å². The molecule has 6 aromatic heterocycles. The standard InChI is InChI=1S/C15H9F8N5O2.C12H16BF5N2O2.C9H5BrF3N3O2/c1-30-8-2-9-26-11(14(18,19)20)10(12(29)28(9)25-4-8)7-3-24-27(5-7)6-13(16,17)15(21,22)23;1-9(2)10(3,4)22-13(21-9)8-5-19-20(6-8)7-11(14,15)12(16,17)18;1-18-4-2-5-15-7(9(11,12)13)6(10)8(17)16(5)14-3-4/h2-5H,6H2,1H3;5-6H,7H2,1-4H3;2-3H,1H3. The number of hydrogen-bond donors (Lipinski definition) is 0. The van der Waals surface area contributed by atoms with Gasteiger partial charge in [-0.25, -0.2) is 9.97 Å². The largest absolute Gasteiger partial charge is 0.498 e. The Morgan fingerprint density at radius 3 is 1.44 bits per heavy atom. The average Bonchev–Trinajstić information content (AvgIpc) is 3.94. The first-order valence-corrected chi connectivity index (χ1v) is 19.7. The van der Waals surface area contributed by atoms with Crippen molar-refractivity contribution in [2.24, 2.45) is 0 Å². The number of aromatic nitrogens is 10. The molecule has 0 N–H and O–H groups in total. The molecule has 0 amide bonds. The van der Waals surface area contributed by atoms with Crippen LogP contribution >= 0.6 is 15.9 Å². The summed E-state index contributed by atoms with van der Waals surface area (Å²) in [5.41, 5.74) is -8.79. The van der Waals surface area contributed by atoms with Crippen molar-refractivity contribution in [3.63, 3.8) is 0 Å². The predicted octanol–water partition coefficient (Wildman–Crippen LogP) is 7.44. The zero-order valence-electron chi connectivity index (χ0n) is 36.0. The van der Waals surface area contributed by atoms with Crippen LogP contribution in [0.4, 0.5) is 70.2 Å². The first-order valence-electron chi connectivity index (χ1n) is 18.9. The molecule has 70 heavy (non-hydrogen) atoms. The van der Waals surface area contributed by atoms with Crippen molar-refractivity contribution in [2.45, 2.75) is 88.5 Å². The van der Waals surface area contributed by atoms with Gasteiger partial charge in [0.25, 0.3) is 11.1 Å². The van der Waals surface area contributed by atoms with Gasteiger partial charge in [0.15, 0.2) is 22.7 Å². The number of rotatable bonds is 8. The lowest BCUT2D eigenvalue weighted by Gasteiger charge is -2.32. The van der Waals surface area contributed by atoms with Crippen molar-refractivity contribution >= 4 is 39.8 Å². The van der Waals surface area contributed by atoms with Crippen LogP contribution in [-0.4, -0.2) is 105 Å². The number of nitrogens with zero attached hydrogens (tertiary/aromatic N) is 10. The van der Waals surface area contributed by atoms with E-state index in [0.717, 1.165) is 29.2 Å². The minimum Gasteiger partial charge on any atom is -0.495 e. The molecule has 1 fully saturated rings. The fourth-order valence-electron chi connectivity index (χ4n) is 5.62. The van der Waals surface area contributed by atoms with Gasteiger partial charge < -0.3 is 18.8 Å². The van der Waals surface area contributed by atoms with Crippen molar-refractivity contribution in [1.82, 2.24) is 48.8 Å². The molecule has 7 rings (SSSR count). The van der Waals surface area contributed by atoms with Crippen LogP contribution in [0.15, 0.2) is 63.4 Å². The normalized spacial score (nSPS) is 15.4. The van der Waals surface area contributed by atoms with Gasteiger partial charge in [0.2, 0.25) is 0 Å². The van der Waals surface area contributed by atoms with Gasteiger partial charge in [0.1, 0.15) is 29.1 Å². The van der Waals surface area contributed by atoms with E-state index in [0.29, 0.717) is 21.6 Å². The third-order valence-corrected chi connectivity index (χ3v) is 10.6. The Hall–Kier alpha value is -6.06. The Labute approximate surface area is 388 Å². The van der Waals surface area contributed by atoms with E-state index in [-0.39, 0.29) is 27.3 Å². The number of halogens is 17. The minimum absolute atomic E-state index is 0.00461. The number of fused-ring (bicyclic) bond motifs is 2. The molecular weight excluding hydrogens is 1060 g/mol. The van der Waals surface area contributed by atoms with Crippen LogP contribution in [0.2, 0.25) is 0 Å². The van der Waals surface area contributed by atoms with Gasteiger partial charge in [-0.05, 0) is 43.6 Å². The summed E-state index contributed by atoms with van der Waals surface area (Å²) in [7, 11) is 1.67. The van der Waals surface area contributed by atoms with Crippen LogP contribution in [0.5, 0.6) is 11.5 Å². The van der Waals surface area contributed by atoms with Crippen molar-refractivity contribution in [1.29, 1.82) is 0 Å². The van der Waals surface area contributed by atoms with Crippen LogP contribution in [0, 0.1) is 0 Å². The number of hydrogen-bond acceptors (Lipinski definition) is 12. The molecule has 0 aromatic carbocycles. The van der Waals surface area contributed by atoms with Crippen molar-refractivity contribution in [2.75, 3.05) is 14.2 Å². The second-order valence-electron chi connectivity index (χ2n) is 15.4. The maximum absolute atomic E-state index is 13.5. The molecule has 0 aliphatic carbocycles. The highest BCUT2D eigenvalue weighted by Gasteiger charge is 2.59. The molecule has 0 bridgehead atoms. The van der Waals surface area contributed by atoms with Gasteiger partial charge in [-0.1, -0.05) is 0 Å². The van der Waals surface area contributed by atoms with Crippen LogP contribution in [-0.2, 0) is 34.8 Å². The molecule has 1 aliphatic heterocycles. The Kier molecular flexibility index (Phi) is 14.8. The van der Waals surface area contributed by atoms with Crippen LogP contribution in [0.3, 0.4) is 0 Å². The SMILES string of the molecule is CC1(C)OB(c2cnn(CC(F)(F)C(F)(F)F)c2)OC1(C)C.COc1cnn2c(=O)c(-c3cnn(CC(F)(F)C(F)(F)F)c3)c(C(F)(F)F)nc2c1.COc1cnn2c(=O)c(Br)c(C(F)(F)F)nc2c1. The second kappa shape index (κ2) is 18.9. The molecule has 1 aliphatic rings.